The topological polar surface area (TPSA) is 102 Å². The van der Waals surface area contributed by atoms with Gasteiger partial charge in [-0.3, -0.25) is 14.3 Å². The largest absolute Gasteiger partial charge is 0.383 e. The number of nitrogens with zero attached hydrogens (tertiary/aromatic N) is 4. The molecule has 3 heterocycles. The molecule has 2 amide bonds. The van der Waals surface area contributed by atoms with E-state index >= 15 is 0 Å². The maximum Gasteiger partial charge on any atom is 0.253 e. The molecule has 2 aliphatic rings. The number of amides is 2. The number of hydrogen-bond acceptors (Lipinski definition) is 6. The van der Waals surface area contributed by atoms with Crippen LogP contribution in [0.15, 0.2) is 58.9 Å². The first-order chi connectivity index (χ1) is 18.0. The minimum Gasteiger partial charge on any atom is -0.383 e. The quantitative estimate of drug-likeness (QED) is 0.471. The second kappa shape index (κ2) is 11.1. The molecule has 1 N–H and O–H groups in total. The third kappa shape index (κ3) is 5.51. The molecule has 0 radical (unpaired) electrons. The predicted octanol–water partition coefficient (Wildman–Crippen LogP) is 3.62. The molecule has 1 unspecified atom stereocenters. The molecule has 0 bridgehead atoms. The lowest BCUT2D eigenvalue weighted by Gasteiger charge is -2.32. The summed E-state index contributed by atoms with van der Waals surface area (Å²) in [6.07, 6.45) is 12.2. The Bertz CT molecular complexity index is 1320. The number of benzene rings is 1. The van der Waals surface area contributed by atoms with Gasteiger partial charge in [0.1, 0.15) is 5.76 Å². The monoisotopic (exact) mass is 503 g/mol. The van der Waals surface area contributed by atoms with E-state index in [1.54, 1.807) is 13.3 Å². The van der Waals surface area contributed by atoms with Crippen molar-refractivity contribution in [2.45, 2.75) is 38.6 Å². The standard InChI is InChI=1S/C28H33N5O4/c1-19-23(27(34)29-13-16-36-2)7-8-25-24(19)18-33(31-25)17-20-10-14-32(15-11-20)28(35)22-5-3-21(4-6-22)26-9-12-30-37-26/h3,5-9,12,18,20-21H,4,10-11,13-17H2,1-2H3,(H,29,34). The van der Waals surface area contributed by atoms with Crippen molar-refractivity contribution in [3.8, 4) is 0 Å². The van der Waals surface area contributed by atoms with Crippen molar-refractivity contribution in [1.29, 1.82) is 0 Å². The lowest BCUT2D eigenvalue weighted by molar-refractivity contribution is -0.128. The van der Waals surface area contributed by atoms with Gasteiger partial charge in [0.2, 0.25) is 0 Å². The molecular formula is C28H33N5O4. The third-order valence-corrected chi connectivity index (χ3v) is 7.36. The molecule has 37 heavy (non-hydrogen) atoms. The van der Waals surface area contributed by atoms with Crippen LogP contribution in [0, 0.1) is 12.8 Å². The first-order valence-corrected chi connectivity index (χ1v) is 12.9. The van der Waals surface area contributed by atoms with Gasteiger partial charge in [-0.25, -0.2) is 0 Å². The van der Waals surface area contributed by atoms with E-state index in [0.29, 0.717) is 24.6 Å². The van der Waals surface area contributed by atoms with Crippen molar-refractivity contribution in [2.24, 2.45) is 5.92 Å². The molecule has 2 aromatic heterocycles. The Morgan fingerprint density at radius 2 is 2.05 bits per heavy atom. The lowest BCUT2D eigenvalue weighted by Crippen LogP contribution is -2.40. The molecule has 1 saturated heterocycles. The van der Waals surface area contributed by atoms with Crippen molar-refractivity contribution in [2.75, 3.05) is 33.4 Å². The van der Waals surface area contributed by atoms with Crippen molar-refractivity contribution in [3.63, 3.8) is 0 Å². The number of fused-ring (bicyclic) bond motifs is 1. The lowest BCUT2D eigenvalue weighted by atomic mass is 9.92. The van der Waals surface area contributed by atoms with Crippen molar-refractivity contribution in [1.82, 2.24) is 25.2 Å². The van der Waals surface area contributed by atoms with Gasteiger partial charge in [-0.15, -0.1) is 0 Å². The van der Waals surface area contributed by atoms with Crippen LogP contribution in [0.5, 0.6) is 0 Å². The fourth-order valence-corrected chi connectivity index (χ4v) is 5.15. The molecule has 1 atom stereocenters. The molecule has 3 aromatic rings. The summed E-state index contributed by atoms with van der Waals surface area (Å²) in [7, 11) is 1.61. The Kier molecular flexibility index (Phi) is 7.50. The number of allylic oxidation sites excluding steroid dienone is 2. The summed E-state index contributed by atoms with van der Waals surface area (Å²) in [4.78, 5) is 27.5. The second-order valence-corrected chi connectivity index (χ2v) is 9.78. The molecular weight excluding hydrogens is 470 g/mol. The van der Waals surface area contributed by atoms with Gasteiger partial charge in [0.25, 0.3) is 11.8 Å². The molecule has 1 aliphatic carbocycles. The Morgan fingerprint density at radius 3 is 2.76 bits per heavy atom. The van der Waals surface area contributed by atoms with E-state index in [4.69, 9.17) is 14.4 Å². The van der Waals surface area contributed by atoms with Crippen molar-refractivity contribution in [3.05, 3.63) is 71.3 Å². The smallest absolute Gasteiger partial charge is 0.253 e. The molecule has 9 nitrogen and oxygen atoms in total. The third-order valence-electron chi connectivity index (χ3n) is 7.36. The minimum absolute atomic E-state index is 0.0994. The summed E-state index contributed by atoms with van der Waals surface area (Å²) in [5.41, 5.74) is 3.23. The maximum atomic E-state index is 13.0. The number of aromatic nitrogens is 3. The highest BCUT2D eigenvalue weighted by atomic mass is 16.5. The number of aryl methyl sites for hydroxylation is 1. The molecule has 0 spiro atoms. The van der Waals surface area contributed by atoms with Gasteiger partial charge in [0.15, 0.2) is 0 Å². The number of nitrogens with one attached hydrogen (secondary N) is 1. The van der Waals surface area contributed by atoms with Crippen LogP contribution >= 0.6 is 0 Å². The summed E-state index contributed by atoms with van der Waals surface area (Å²) in [5.74, 6) is 1.41. The van der Waals surface area contributed by atoms with E-state index in [0.717, 1.165) is 66.7 Å². The highest BCUT2D eigenvalue weighted by molar-refractivity contribution is 6.00. The van der Waals surface area contributed by atoms with Crippen LogP contribution in [0.4, 0.5) is 0 Å². The summed E-state index contributed by atoms with van der Waals surface area (Å²) in [6.45, 7) is 5.20. The van der Waals surface area contributed by atoms with Crippen LogP contribution in [-0.2, 0) is 16.1 Å². The summed E-state index contributed by atoms with van der Waals surface area (Å²) >= 11 is 0. The van der Waals surface area contributed by atoms with E-state index in [1.165, 1.54) is 0 Å². The number of ether oxygens (including phenoxy) is 1. The predicted molar refractivity (Wildman–Crippen MR) is 139 cm³/mol. The zero-order valence-electron chi connectivity index (χ0n) is 21.4. The fraction of sp³-hybridized carbons (Fsp3) is 0.429. The normalized spacial score (nSPS) is 18.3. The number of hydrogen-bond donors (Lipinski definition) is 1. The van der Waals surface area contributed by atoms with Crippen LogP contribution in [0.25, 0.3) is 10.9 Å². The highest BCUT2D eigenvalue weighted by Crippen LogP contribution is 2.29. The van der Waals surface area contributed by atoms with Gasteiger partial charge < -0.3 is 19.5 Å². The van der Waals surface area contributed by atoms with E-state index in [2.05, 4.69) is 10.5 Å². The van der Waals surface area contributed by atoms with Gasteiger partial charge in [-0.05, 0) is 49.8 Å². The average Bonchev–Trinajstić information content (AvgIpc) is 3.60. The maximum absolute atomic E-state index is 13.0. The zero-order valence-corrected chi connectivity index (χ0v) is 21.4. The fourth-order valence-electron chi connectivity index (χ4n) is 5.15. The summed E-state index contributed by atoms with van der Waals surface area (Å²) < 4.78 is 12.2. The van der Waals surface area contributed by atoms with Gasteiger partial charge in [0.05, 0.1) is 18.3 Å². The molecule has 1 aliphatic heterocycles. The number of methoxy groups -OCH3 is 1. The molecule has 1 fully saturated rings. The number of piperidine rings is 1. The van der Waals surface area contributed by atoms with Crippen molar-refractivity contribution >= 4 is 22.7 Å². The average molecular weight is 504 g/mol. The number of likely N-dealkylation sites (tertiary alicyclic amines) is 1. The Balaban J connectivity index is 1.15. The van der Waals surface area contributed by atoms with Crippen LogP contribution in [-0.4, -0.2) is 65.0 Å². The zero-order chi connectivity index (χ0) is 25.8. The van der Waals surface area contributed by atoms with Gasteiger partial charge in [0, 0.05) is 68.0 Å². The van der Waals surface area contributed by atoms with Crippen LogP contribution < -0.4 is 5.32 Å². The van der Waals surface area contributed by atoms with Gasteiger partial charge >= 0.3 is 0 Å². The van der Waals surface area contributed by atoms with E-state index in [-0.39, 0.29) is 17.7 Å². The van der Waals surface area contributed by atoms with Crippen LogP contribution in [0.1, 0.15) is 46.9 Å². The van der Waals surface area contributed by atoms with Gasteiger partial charge in [-0.1, -0.05) is 23.4 Å². The molecule has 5 rings (SSSR count). The molecule has 194 valence electrons. The Morgan fingerprint density at radius 1 is 1.22 bits per heavy atom. The minimum atomic E-state index is -0.0994. The van der Waals surface area contributed by atoms with Gasteiger partial charge in [-0.2, -0.15) is 5.10 Å². The molecule has 9 heteroatoms. The second-order valence-electron chi connectivity index (χ2n) is 9.78. The van der Waals surface area contributed by atoms with E-state index in [1.807, 2.05) is 59.1 Å². The Labute approximate surface area is 216 Å². The van der Waals surface area contributed by atoms with E-state index in [9.17, 15) is 9.59 Å². The number of carbonyl (C=O) groups excluding carboxylic acids is 2. The van der Waals surface area contributed by atoms with Crippen LogP contribution in [0.3, 0.4) is 0 Å². The van der Waals surface area contributed by atoms with Crippen LogP contribution in [0.2, 0.25) is 0 Å². The first kappa shape index (κ1) is 25.0. The number of carbonyl (C=O) groups is 2. The molecule has 1 aromatic carbocycles. The SMILES string of the molecule is COCCNC(=O)c1ccc2nn(CC3CCN(C(=O)C4=CCC(c5ccno5)C=C4)CC3)cc2c1C. The Hall–Kier alpha value is -3.72. The number of rotatable bonds is 8. The van der Waals surface area contributed by atoms with Crippen molar-refractivity contribution < 1.29 is 18.8 Å². The first-order valence-electron chi connectivity index (χ1n) is 12.9. The summed E-state index contributed by atoms with van der Waals surface area (Å²) in [6, 6.07) is 5.61. The highest BCUT2D eigenvalue weighted by Gasteiger charge is 2.26. The molecule has 0 saturated carbocycles. The summed E-state index contributed by atoms with van der Waals surface area (Å²) in [5, 5.41) is 12.4. The van der Waals surface area contributed by atoms with E-state index < -0.39 is 0 Å².